The summed E-state index contributed by atoms with van der Waals surface area (Å²) in [6.07, 6.45) is 0. The van der Waals surface area contributed by atoms with E-state index in [1.165, 1.54) is 43.4 Å². The molecule has 1 atom stereocenters. The van der Waals surface area contributed by atoms with Gasteiger partial charge in [-0.25, -0.2) is 0 Å². The van der Waals surface area contributed by atoms with Crippen LogP contribution in [0.2, 0.25) is 0 Å². The van der Waals surface area contributed by atoms with Crippen LogP contribution < -0.4 is 9.47 Å². The van der Waals surface area contributed by atoms with Gasteiger partial charge < -0.3 is 24.4 Å². The van der Waals surface area contributed by atoms with Crippen LogP contribution in [0.25, 0.3) is 5.76 Å². The van der Waals surface area contributed by atoms with Gasteiger partial charge in [-0.3, -0.25) is 19.7 Å². The molecule has 1 N–H and O–H groups in total. The molecule has 0 aromatic heterocycles. The van der Waals surface area contributed by atoms with Crippen molar-refractivity contribution in [3.63, 3.8) is 0 Å². The Hall–Kier alpha value is -3.92. The molecule has 3 rings (SSSR count). The number of nitrogens with zero attached hydrogens (tertiary/aromatic N) is 3. The lowest BCUT2D eigenvalue weighted by molar-refractivity contribution is -0.384. The molecule has 0 unspecified atom stereocenters. The average Bonchev–Trinajstić information content (AvgIpc) is 3.13. The fraction of sp³-hybridized carbons (Fsp3) is 0.360. The van der Waals surface area contributed by atoms with E-state index >= 15 is 0 Å². The van der Waals surface area contributed by atoms with Crippen LogP contribution in [-0.2, 0) is 9.59 Å². The summed E-state index contributed by atoms with van der Waals surface area (Å²) in [5, 5.41) is 22.1. The van der Waals surface area contributed by atoms with Crippen molar-refractivity contribution in [3.05, 3.63) is 69.3 Å². The first-order valence-corrected chi connectivity index (χ1v) is 11.2. The molecule has 10 heteroatoms. The number of aliphatic hydroxyl groups excluding tert-OH is 1. The summed E-state index contributed by atoms with van der Waals surface area (Å²) in [6.45, 7) is 6.40. The third-order valence-electron chi connectivity index (χ3n) is 6.17. The monoisotopic (exact) mass is 483 g/mol. The van der Waals surface area contributed by atoms with Gasteiger partial charge in [-0.2, -0.15) is 0 Å². The molecule has 2 aromatic carbocycles. The quantitative estimate of drug-likeness (QED) is 0.179. The standard InChI is InChI=1S/C25H29N3O7/c1-5-26(6-2)13-14-27-22(17-9-12-19(34-3)20(15-17)35-4)21(24(30)25(27)31)23(29)16-7-10-18(11-8-16)28(32)33/h7-12,15,22,29H,5-6,13-14H2,1-4H3/t22-/m1/s1. The van der Waals surface area contributed by atoms with E-state index in [1.54, 1.807) is 18.2 Å². The molecule has 0 bridgehead atoms. The van der Waals surface area contributed by atoms with Crippen molar-refractivity contribution in [1.82, 2.24) is 9.80 Å². The molecular formula is C25H29N3O7. The Balaban J connectivity index is 2.14. The van der Waals surface area contributed by atoms with Crippen LogP contribution in [0, 0.1) is 10.1 Å². The number of benzene rings is 2. The van der Waals surface area contributed by atoms with Crippen molar-refractivity contribution in [2.75, 3.05) is 40.4 Å². The van der Waals surface area contributed by atoms with E-state index in [9.17, 15) is 24.8 Å². The number of nitro benzene ring substituents is 1. The summed E-state index contributed by atoms with van der Waals surface area (Å²) in [6, 6.07) is 9.35. The molecule has 186 valence electrons. The summed E-state index contributed by atoms with van der Waals surface area (Å²) < 4.78 is 10.7. The van der Waals surface area contributed by atoms with E-state index in [0.29, 0.717) is 23.6 Å². The number of Topliss-reactive ketones (excluding diaryl/α,β-unsaturated/α-hetero) is 1. The van der Waals surface area contributed by atoms with Crippen molar-refractivity contribution < 1.29 is 29.1 Å². The smallest absolute Gasteiger partial charge is 0.295 e. The van der Waals surface area contributed by atoms with Gasteiger partial charge in [0.2, 0.25) is 0 Å². The number of methoxy groups -OCH3 is 2. The second-order valence-corrected chi connectivity index (χ2v) is 7.94. The van der Waals surface area contributed by atoms with Crippen LogP contribution >= 0.6 is 0 Å². The molecule has 10 nitrogen and oxygen atoms in total. The zero-order chi connectivity index (χ0) is 25.7. The molecular weight excluding hydrogens is 454 g/mol. The van der Waals surface area contributed by atoms with E-state index in [0.717, 1.165) is 13.1 Å². The van der Waals surface area contributed by atoms with Crippen LogP contribution in [0.5, 0.6) is 11.5 Å². The third kappa shape index (κ3) is 5.12. The number of non-ortho nitro benzene ring substituents is 1. The van der Waals surface area contributed by atoms with E-state index in [-0.39, 0.29) is 23.4 Å². The highest BCUT2D eigenvalue weighted by molar-refractivity contribution is 6.46. The molecule has 35 heavy (non-hydrogen) atoms. The number of rotatable bonds is 10. The molecule has 2 aromatic rings. The number of likely N-dealkylation sites (tertiary alicyclic amines) is 1. The minimum absolute atomic E-state index is 0.0874. The lowest BCUT2D eigenvalue weighted by Crippen LogP contribution is -2.38. The number of hydrogen-bond acceptors (Lipinski definition) is 8. The average molecular weight is 484 g/mol. The number of likely N-dealkylation sites (N-methyl/N-ethyl adjacent to an activating group) is 1. The van der Waals surface area contributed by atoms with Crippen LogP contribution in [-0.4, -0.2) is 71.9 Å². The van der Waals surface area contributed by atoms with E-state index < -0.39 is 28.4 Å². The molecule has 1 heterocycles. The lowest BCUT2D eigenvalue weighted by atomic mass is 9.95. The van der Waals surface area contributed by atoms with Crippen molar-refractivity contribution in [2.24, 2.45) is 0 Å². The van der Waals surface area contributed by atoms with Crippen molar-refractivity contribution >= 4 is 23.1 Å². The normalized spacial score (nSPS) is 17.2. The summed E-state index contributed by atoms with van der Waals surface area (Å²) in [7, 11) is 2.98. The summed E-state index contributed by atoms with van der Waals surface area (Å²) >= 11 is 0. The fourth-order valence-corrected chi connectivity index (χ4v) is 4.17. The topological polar surface area (TPSA) is 122 Å². The van der Waals surface area contributed by atoms with Crippen LogP contribution in [0.4, 0.5) is 5.69 Å². The highest BCUT2D eigenvalue weighted by Crippen LogP contribution is 2.42. The summed E-state index contributed by atoms with van der Waals surface area (Å²) in [5.41, 5.74) is 0.515. The zero-order valence-electron chi connectivity index (χ0n) is 20.2. The van der Waals surface area contributed by atoms with Crippen LogP contribution in [0.1, 0.15) is 31.0 Å². The summed E-state index contributed by atoms with van der Waals surface area (Å²) in [5.74, 6) is -1.05. The number of amides is 1. The fourth-order valence-electron chi connectivity index (χ4n) is 4.17. The molecule has 1 amide bonds. The predicted molar refractivity (Wildman–Crippen MR) is 129 cm³/mol. The Morgan fingerprint density at radius 3 is 2.23 bits per heavy atom. The molecule has 1 aliphatic rings. The Bertz CT molecular complexity index is 1140. The second-order valence-electron chi connectivity index (χ2n) is 7.94. The largest absolute Gasteiger partial charge is 0.507 e. The maximum absolute atomic E-state index is 13.2. The first-order chi connectivity index (χ1) is 16.8. The first-order valence-electron chi connectivity index (χ1n) is 11.2. The molecule has 1 aliphatic heterocycles. The first kappa shape index (κ1) is 25.7. The van der Waals surface area contributed by atoms with Crippen molar-refractivity contribution in [1.29, 1.82) is 0 Å². The van der Waals surface area contributed by atoms with Gasteiger partial charge in [0.05, 0.1) is 30.8 Å². The molecule has 0 saturated carbocycles. The van der Waals surface area contributed by atoms with Gasteiger partial charge in [-0.15, -0.1) is 0 Å². The highest BCUT2D eigenvalue weighted by Gasteiger charge is 2.46. The van der Waals surface area contributed by atoms with Crippen molar-refractivity contribution in [2.45, 2.75) is 19.9 Å². The van der Waals surface area contributed by atoms with Crippen molar-refractivity contribution in [3.8, 4) is 11.5 Å². The second kappa shape index (κ2) is 11.0. The predicted octanol–water partition coefficient (Wildman–Crippen LogP) is 3.38. The van der Waals surface area contributed by atoms with Gasteiger partial charge in [-0.05, 0) is 42.9 Å². The van der Waals surface area contributed by atoms with Gasteiger partial charge in [0.15, 0.2) is 11.5 Å². The van der Waals surface area contributed by atoms with Gasteiger partial charge in [0, 0.05) is 30.8 Å². The van der Waals surface area contributed by atoms with E-state index in [1.807, 2.05) is 13.8 Å². The molecule has 0 radical (unpaired) electrons. The minimum atomic E-state index is -0.874. The summed E-state index contributed by atoms with van der Waals surface area (Å²) in [4.78, 5) is 40.3. The molecule has 0 spiro atoms. The van der Waals surface area contributed by atoms with E-state index in [2.05, 4.69) is 4.90 Å². The number of hydrogen-bond donors (Lipinski definition) is 1. The highest BCUT2D eigenvalue weighted by atomic mass is 16.6. The van der Waals surface area contributed by atoms with Gasteiger partial charge in [0.1, 0.15) is 5.76 Å². The van der Waals surface area contributed by atoms with E-state index in [4.69, 9.17) is 9.47 Å². The van der Waals surface area contributed by atoms with Gasteiger partial charge in [0.25, 0.3) is 17.4 Å². The van der Waals surface area contributed by atoms with Crippen LogP contribution in [0.15, 0.2) is 48.0 Å². The maximum Gasteiger partial charge on any atom is 0.295 e. The number of aliphatic hydroxyl groups is 1. The molecule has 1 fully saturated rings. The minimum Gasteiger partial charge on any atom is -0.507 e. The Morgan fingerprint density at radius 1 is 1.06 bits per heavy atom. The number of carbonyl (C=O) groups is 2. The number of nitro groups is 1. The Labute approximate surface area is 203 Å². The number of ether oxygens (including phenoxy) is 2. The Morgan fingerprint density at radius 2 is 1.69 bits per heavy atom. The SMILES string of the molecule is CCN(CC)CCN1C(=O)C(=O)C(=C(O)c2ccc([N+](=O)[O-])cc2)[C@H]1c1ccc(OC)c(OC)c1. The Kier molecular flexibility index (Phi) is 8.08. The molecule has 0 aliphatic carbocycles. The van der Waals surface area contributed by atoms with Gasteiger partial charge >= 0.3 is 0 Å². The zero-order valence-corrected chi connectivity index (χ0v) is 20.2. The maximum atomic E-state index is 13.2. The van der Waals surface area contributed by atoms with Gasteiger partial charge in [-0.1, -0.05) is 19.9 Å². The third-order valence-corrected chi connectivity index (χ3v) is 6.17. The number of ketones is 1. The molecule has 1 saturated heterocycles. The number of carbonyl (C=O) groups excluding carboxylic acids is 2. The lowest BCUT2D eigenvalue weighted by Gasteiger charge is -2.28. The van der Waals surface area contributed by atoms with Crippen LogP contribution in [0.3, 0.4) is 0 Å².